The summed E-state index contributed by atoms with van der Waals surface area (Å²) in [5, 5.41) is 17.6. The zero-order chi connectivity index (χ0) is 15.8. The molecule has 4 nitrogen and oxygen atoms in total. The smallest absolute Gasteiger partial charge is 0.305 e. The second kappa shape index (κ2) is 15.8. The number of carbonyl (C=O) groups excluding carboxylic acids is 1. The maximum absolute atomic E-state index is 11.3. The minimum Gasteiger partial charge on any atom is -0.463 e. The third-order valence-corrected chi connectivity index (χ3v) is 3.63. The predicted octanol–water partition coefficient (Wildman–Crippen LogP) is 3.58. The maximum Gasteiger partial charge on any atom is 0.305 e. The van der Waals surface area contributed by atoms with Gasteiger partial charge in [0.2, 0.25) is 0 Å². The van der Waals surface area contributed by atoms with Crippen molar-refractivity contribution in [3.8, 4) is 0 Å². The van der Waals surface area contributed by atoms with Crippen LogP contribution < -0.4 is 0 Å². The van der Waals surface area contributed by atoms with Gasteiger partial charge in [0.05, 0.1) is 6.61 Å². The van der Waals surface area contributed by atoms with Crippen molar-refractivity contribution < 1.29 is 19.7 Å². The number of aliphatic hydroxyl groups is 2. The molecule has 0 heterocycles. The van der Waals surface area contributed by atoms with Crippen LogP contribution in [0.2, 0.25) is 0 Å². The molecular formula is C17H34O4. The van der Waals surface area contributed by atoms with E-state index in [-0.39, 0.29) is 19.2 Å². The molecule has 0 saturated heterocycles. The summed E-state index contributed by atoms with van der Waals surface area (Å²) in [6.45, 7) is 1.77. The van der Waals surface area contributed by atoms with E-state index in [0.717, 1.165) is 12.8 Å². The van der Waals surface area contributed by atoms with Gasteiger partial charge in [-0.2, -0.15) is 0 Å². The first-order chi connectivity index (χ1) is 10.2. The highest BCUT2D eigenvalue weighted by atomic mass is 16.5. The van der Waals surface area contributed by atoms with Gasteiger partial charge in [-0.25, -0.2) is 0 Å². The summed E-state index contributed by atoms with van der Waals surface area (Å²) in [6, 6.07) is 0. The molecule has 2 N–H and O–H groups in total. The molecule has 21 heavy (non-hydrogen) atoms. The van der Waals surface area contributed by atoms with Crippen LogP contribution in [0.25, 0.3) is 0 Å². The Bertz CT molecular complexity index is 231. The van der Waals surface area contributed by atoms with Gasteiger partial charge in [-0.05, 0) is 6.42 Å². The average Bonchev–Trinajstić information content (AvgIpc) is 2.50. The lowest BCUT2D eigenvalue weighted by molar-refractivity contribution is -0.147. The van der Waals surface area contributed by atoms with Crippen molar-refractivity contribution in [2.75, 3.05) is 13.2 Å². The number of rotatable bonds is 15. The molecule has 0 bridgehead atoms. The van der Waals surface area contributed by atoms with Gasteiger partial charge in [0.15, 0.2) is 0 Å². The van der Waals surface area contributed by atoms with Gasteiger partial charge in [0.25, 0.3) is 0 Å². The summed E-state index contributed by atoms with van der Waals surface area (Å²) < 4.78 is 4.84. The van der Waals surface area contributed by atoms with E-state index < -0.39 is 6.10 Å². The summed E-state index contributed by atoms with van der Waals surface area (Å²) in [6.07, 6.45) is 13.2. The molecule has 0 fully saturated rings. The van der Waals surface area contributed by atoms with E-state index in [1.54, 1.807) is 0 Å². The Kier molecular flexibility index (Phi) is 15.3. The van der Waals surface area contributed by atoms with Gasteiger partial charge in [-0.15, -0.1) is 0 Å². The lowest BCUT2D eigenvalue weighted by Crippen LogP contribution is -2.21. The molecule has 0 aliphatic carbocycles. The Morgan fingerprint density at radius 3 is 1.86 bits per heavy atom. The molecule has 0 aliphatic heterocycles. The minimum absolute atomic E-state index is 0.104. The number of carbonyl (C=O) groups is 1. The molecule has 0 amide bonds. The van der Waals surface area contributed by atoms with Crippen molar-refractivity contribution in [3.63, 3.8) is 0 Å². The van der Waals surface area contributed by atoms with Crippen LogP contribution in [-0.2, 0) is 9.53 Å². The van der Waals surface area contributed by atoms with Gasteiger partial charge in [-0.1, -0.05) is 71.1 Å². The Morgan fingerprint density at radius 2 is 1.38 bits per heavy atom. The largest absolute Gasteiger partial charge is 0.463 e. The zero-order valence-corrected chi connectivity index (χ0v) is 13.7. The molecule has 0 unspecified atom stereocenters. The van der Waals surface area contributed by atoms with Gasteiger partial charge in [0, 0.05) is 6.42 Å². The highest BCUT2D eigenvalue weighted by Crippen LogP contribution is 2.12. The van der Waals surface area contributed by atoms with Crippen molar-refractivity contribution >= 4 is 5.97 Å². The second-order valence-electron chi connectivity index (χ2n) is 5.80. The molecule has 0 aliphatic rings. The topological polar surface area (TPSA) is 66.8 Å². The van der Waals surface area contributed by atoms with Crippen LogP contribution in [0.4, 0.5) is 0 Å². The van der Waals surface area contributed by atoms with Crippen LogP contribution in [0.3, 0.4) is 0 Å². The highest BCUT2D eigenvalue weighted by Gasteiger charge is 2.07. The van der Waals surface area contributed by atoms with Crippen LogP contribution in [0.15, 0.2) is 0 Å². The number of esters is 1. The van der Waals surface area contributed by atoms with E-state index >= 15 is 0 Å². The first-order valence-corrected chi connectivity index (χ1v) is 8.65. The third-order valence-electron chi connectivity index (χ3n) is 3.63. The SMILES string of the molecule is CCCCCCCCCCCCCC(=O)OC[C@H](O)CO. The Morgan fingerprint density at radius 1 is 0.905 bits per heavy atom. The van der Waals surface area contributed by atoms with Gasteiger partial charge in [0.1, 0.15) is 12.7 Å². The summed E-state index contributed by atoms with van der Waals surface area (Å²) in [5.74, 6) is -0.279. The van der Waals surface area contributed by atoms with Crippen molar-refractivity contribution in [3.05, 3.63) is 0 Å². The van der Waals surface area contributed by atoms with E-state index in [0.29, 0.717) is 6.42 Å². The molecule has 0 saturated carbocycles. The second-order valence-corrected chi connectivity index (χ2v) is 5.80. The van der Waals surface area contributed by atoms with E-state index in [2.05, 4.69) is 6.92 Å². The summed E-state index contributed by atoms with van der Waals surface area (Å²) >= 11 is 0. The monoisotopic (exact) mass is 302 g/mol. The van der Waals surface area contributed by atoms with Crippen molar-refractivity contribution in [2.45, 2.75) is 90.1 Å². The fraction of sp³-hybridized carbons (Fsp3) is 0.941. The molecule has 0 radical (unpaired) electrons. The van der Waals surface area contributed by atoms with Crippen molar-refractivity contribution in [2.24, 2.45) is 0 Å². The average molecular weight is 302 g/mol. The van der Waals surface area contributed by atoms with E-state index in [1.807, 2.05) is 0 Å². The molecule has 4 heteroatoms. The lowest BCUT2D eigenvalue weighted by atomic mass is 10.1. The fourth-order valence-corrected chi connectivity index (χ4v) is 2.25. The number of unbranched alkanes of at least 4 members (excludes halogenated alkanes) is 10. The number of ether oxygens (including phenoxy) is 1. The number of hydrogen-bond acceptors (Lipinski definition) is 4. The van der Waals surface area contributed by atoms with Crippen molar-refractivity contribution in [1.82, 2.24) is 0 Å². The Balaban J connectivity index is 3.16. The van der Waals surface area contributed by atoms with Crippen LogP contribution in [0.5, 0.6) is 0 Å². The molecule has 126 valence electrons. The minimum atomic E-state index is -0.953. The highest BCUT2D eigenvalue weighted by molar-refractivity contribution is 5.69. The van der Waals surface area contributed by atoms with E-state index in [1.165, 1.54) is 57.8 Å². The van der Waals surface area contributed by atoms with E-state index in [4.69, 9.17) is 14.9 Å². The molecular weight excluding hydrogens is 268 g/mol. The lowest BCUT2D eigenvalue weighted by Gasteiger charge is -2.08. The third kappa shape index (κ3) is 15.6. The van der Waals surface area contributed by atoms with Crippen molar-refractivity contribution in [1.29, 1.82) is 0 Å². The summed E-state index contributed by atoms with van der Waals surface area (Å²) in [7, 11) is 0. The van der Waals surface area contributed by atoms with E-state index in [9.17, 15) is 4.79 Å². The fourth-order valence-electron chi connectivity index (χ4n) is 2.25. The quantitative estimate of drug-likeness (QED) is 0.358. The first-order valence-electron chi connectivity index (χ1n) is 8.65. The van der Waals surface area contributed by atoms with Gasteiger partial charge >= 0.3 is 5.97 Å². The number of aliphatic hydroxyl groups excluding tert-OH is 2. The number of hydrogen-bond donors (Lipinski definition) is 2. The Hall–Kier alpha value is -0.610. The predicted molar refractivity (Wildman–Crippen MR) is 85.1 cm³/mol. The molecule has 0 rings (SSSR count). The first kappa shape index (κ1) is 20.4. The Labute approximate surface area is 129 Å². The van der Waals surface area contributed by atoms with Crippen LogP contribution in [0, 0.1) is 0 Å². The van der Waals surface area contributed by atoms with Gasteiger partial charge < -0.3 is 14.9 Å². The zero-order valence-electron chi connectivity index (χ0n) is 13.7. The van der Waals surface area contributed by atoms with Crippen LogP contribution in [-0.4, -0.2) is 35.5 Å². The van der Waals surface area contributed by atoms with Crippen LogP contribution in [0.1, 0.15) is 84.0 Å². The molecule has 1 atom stereocenters. The molecule has 0 aromatic heterocycles. The summed E-state index contributed by atoms with van der Waals surface area (Å²) in [4.78, 5) is 11.3. The molecule has 0 spiro atoms. The molecule has 0 aromatic carbocycles. The standard InChI is InChI=1S/C17H34O4/c1-2-3-4-5-6-7-8-9-10-11-12-13-17(20)21-15-16(19)14-18/h16,18-19H,2-15H2,1H3/t16-/m1/s1. The van der Waals surface area contributed by atoms with Gasteiger partial charge in [-0.3, -0.25) is 4.79 Å². The summed E-state index contributed by atoms with van der Waals surface area (Å²) in [5.41, 5.74) is 0. The van der Waals surface area contributed by atoms with Crippen LogP contribution >= 0.6 is 0 Å². The normalized spacial score (nSPS) is 12.3. The maximum atomic E-state index is 11.3. The molecule has 0 aromatic rings.